The number of fused-ring (bicyclic) bond motifs is 1. The molecule has 2 fully saturated rings. The number of carbonyl (C=O) groups is 1. The molecule has 0 unspecified atom stereocenters. The highest BCUT2D eigenvalue weighted by molar-refractivity contribution is 5.67. The van der Waals surface area contributed by atoms with Crippen LogP contribution >= 0.6 is 0 Å². The molecule has 5 atom stereocenters. The highest BCUT2D eigenvalue weighted by Gasteiger charge is 2.56. The van der Waals surface area contributed by atoms with E-state index in [4.69, 9.17) is 29.8 Å². The molecule has 1 aromatic rings. The summed E-state index contributed by atoms with van der Waals surface area (Å²) >= 11 is 0. The Morgan fingerprint density at radius 1 is 1.33 bits per heavy atom. The molecule has 0 amide bonds. The van der Waals surface area contributed by atoms with Crippen molar-refractivity contribution < 1.29 is 28.8 Å². The van der Waals surface area contributed by atoms with Crippen LogP contribution in [-0.2, 0) is 30.3 Å². The molecule has 24 heavy (non-hydrogen) atoms. The lowest BCUT2D eigenvalue weighted by Crippen LogP contribution is -2.47. The van der Waals surface area contributed by atoms with Gasteiger partial charge in [0.05, 0.1) is 13.0 Å². The predicted molar refractivity (Wildman–Crippen MR) is 83.9 cm³/mol. The van der Waals surface area contributed by atoms with Gasteiger partial charge in [0.15, 0.2) is 12.1 Å². The monoisotopic (exact) mass is 337 g/mol. The van der Waals surface area contributed by atoms with E-state index in [-0.39, 0.29) is 6.42 Å². The molecule has 0 aromatic heterocycles. The number of hydrogen-bond donors (Lipinski definition) is 2. The normalized spacial score (nSPS) is 32.5. The average molecular weight is 337 g/mol. The summed E-state index contributed by atoms with van der Waals surface area (Å²) in [5.41, 5.74) is 7.02. The molecule has 0 aliphatic carbocycles. The summed E-state index contributed by atoms with van der Waals surface area (Å²) in [5, 5.41) is 8.99. The smallest absolute Gasteiger partial charge is 0.305 e. The van der Waals surface area contributed by atoms with E-state index >= 15 is 0 Å². The lowest BCUT2D eigenvalue weighted by molar-refractivity contribution is -0.221. The molecule has 7 heteroatoms. The largest absolute Gasteiger partial charge is 0.481 e. The van der Waals surface area contributed by atoms with Crippen molar-refractivity contribution in [3.05, 3.63) is 35.9 Å². The van der Waals surface area contributed by atoms with Gasteiger partial charge in [-0.05, 0) is 19.4 Å². The van der Waals surface area contributed by atoms with E-state index in [2.05, 4.69) is 0 Å². The van der Waals surface area contributed by atoms with Gasteiger partial charge < -0.3 is 29.8 Å². The van der Waals surface area contributed by atoms with E-state index < -0.39 is 42.4 Å². The molecule has 0 bridgehead atoms. The van der Waals surface area contributed by atoms with Crippen LogP contribution in [0.2, 0.25) is 0 Å². The Kier molecular flexibility index (Phi) is 4.89. The molecule has 3 N–H and O–H groups in total. The fourth-order valence-electron chi connectivity index (χ4n) is 3.12. The number of nitrogens with two attached hydrogens (primary N) is 1. The van der Waals surface area contributed by atoms with Gasteiger partial charge >= 0.3 is 5.97 Å². The van der Waals surface area contributed by atoms with E-state index in [0.29, 0.717) is 6.61 Å². The minimum absolute atomic E-state index is 0.210. The summed E-state index contributed by atoms with van der Waals surface area (Å²) < 4.78 is 23.4. The Labute approximate surface area is 140 Å². The third-order valence-corrected chi connectivity index (χ3v) is 4.14. The van der Waals surface area contributed by atoms with Crippen molar-refractivity contribution in [2.45, 2.75) is 63.3 Å². The summed E-state index contributed by atoms with van der Waals surface area (Å²) in [4.78, 5) is 11.0. The molecule has 0 spiro atoms. The van der Waals surface area contributed by atoms with E-state index in [1.54, 1.807) is 13.8 Å². The van der Waals surface area contributed by atoms with Gasteiger partial charge in [0.1, 0.15) is 18.3 Å². The molecule has 2 saturated heterocycles. The van der Waals surface area contributed by atoms with E-state index in [0.717, 1.165) is 5.56 Å². The van der Waals surface area contributed by atoms with E-state index in [1.807, 2.05) is 30.3 Å². The molecule has 2 aliphatic rings. The SMILES string of the molecule is CC1(C)O[C@H]2O[C@H]([C@H](N)CC(=O)O)[C@H](OCc3ccccc3)[C@H]2O1. The highest BCUT2D eigenvalue weighted by atomic mass is 16.8. The second-order valence-electron chi connectivity index (χ2n) is 6.59. The van der Waals surface area contributed by atoms with Crippen LogP contribution in [0.3, 0.4) is 0 Å². The summed E-state index contributed by atoms with van der Waals surface area (Å²) in [6.45, 7) is 3.96. The highest BCUT2D eigenvalue weighted by Crippen LogP contribution is 2.40. The first kappa shape index (κ1) is 17.3. The van der Waals surface area contributed by atoms with Crippen LogP contribution in [-0.4, -0.2) is 47.5 Å². The first-order chi connectivity index (χ1) is 11.4. The quantitative estimate of drug-likeness (QED) is 0.806. The summed E-state index contributed by atoms with van der Waals surface area (Å²) in [6.07, 6.45) is -2.35. The van der Waals surface area contributed by atoms with Crippen molar-refractivity contribution in [3.63, 3.8) is 0 Å². The first-order valence-corrected chi connectivity index (χ1v) is 8.00. The van der Waals surface area contributed by atoms with E-state index in [1.165, 1.54) is 0 Å². The topological polar surface area (TPSA) is 100 Å². The van der Waals surface area contributed by atoms with Gasteiger partial charge in [0, 0.05) is 6.04 Å². The zero-order chi connectivity index (χ0) is 17.3. The first-order valence-electron chi connectivity index (χ1n) is 8.00. The van der Waals surface area contributed by atoms with Crippen molar-refractivity contribution >= 4 is 5.97 Å². The minimum Gasteiger partial charge on any atom is -0.481 e. The predicted octanol–water partition coefficient (Wildman–Crippen LogP) is 1.25. The Morgan fingerprint density at radius 2 is 2.04 bits per heavy atom. The van der Waals surface area contributed by atoms with Gasteiger partial charge in [0.25, 0.3) is 0 Å². The van der Waals surface area contributed by atoms with Crippen LogP contribution in [0.1, 0.15) is 25.8 Å². The number of ether oxygens (including phenoxy) is 4. The van der Waals surface area contributed by atoms with Gasteiger partial charge in [-0.2, -0.15) is 0 Å². The van der Waals surface area contributed by atoms with E-state index in [9.17, 15) is 4.79 Å². The number of aliphatic carboxylic acids is 1. The second kappa shape index (κ2) is 6.78. The number of rotatable bonds is 6. The van der Waals surface area contributed by atoms with Crippen molar-refractivity contribution in [1.82, 2.24) is 0 Å². The molecule has 7 nitrogen and oxygen atoms in total. The molecule has 0 saturated carbocycles. The lowest BCUT2D eigenvalue weighted by atomic mass is 10.0. The molecule has 1 aromatic carbocycles. The minimum atomic E-state index is -0.980. The molecule has 2 aliphatic heterocycles. The fourth-order valence-corrected chi connectivity index (χ4v) is 3.12. The summed E-state index contributed by atoms with van der Waals surface area (Å²) in [5.74, 6) is -1.75. The Bertz CT molecular complexity index is 578. The molecule has 2 heterocycles. The maximum absolute atomic E-state index is 11.0. The maximum atomic E-state index is 11.0. The van der Waals surface area contributed by atoms with Crippen LogP contribution in [0.5, 0.6) is 0 Å². The number of carboxylic acids is 1. The Morgan fingerprint density at radius 3 is 2.71 bits per heavy atom. The molecular formula is C17H23NO6. The van der Waals surface area contributed by atoms with Crippen molar-refractivity contribution in [2.24, 2.45) is 5.73 Å². The number of carboxylic acid groups (broad SMARTS) is 1. The molecule has 3 rings (SSSR count). The lowest BCUT2D eigenvalue weighted by Gasteiger charge is -2.28. The third kappa shape index (κ3) is 3.76. The van der Waals surface area contributed by atoms with Crippen LogP contribution in [0, 0.1) is 0 Å². The second-order valence-corrected chi connectivity index (χ2v) is 6.59. The van der Waals surface area contributed by atoms with Crippen LogP contribution in [0.4, 0.5) is 0 Å². The fraction of sp³-hybridized carbons (Fsp3) is 0.588. The number of hydrogen-bond acceptors (Lipinski definition) is 6. The van der Waals surface area contributed by atoms with Crippen molar-refractivity contribution in [1.29, 1.82) is 0 Å². The average Bonchev–Trinajstić information content (AvgIpc) is 2.97. The third-order valence-electron chi connectivity index (χ3n) is 4.14. The summed E-state index contributed by atoms with van der Waals surface area (Å²) in [7, 11) is 0. The molecular weight excluding hydrogens is 314 g/mol. The van der Waals surface area contributed by atoms with Gasteiger partial charge in [-0.25, -0.2) is 0 Å². The molecule has 0 radical (unpaired) electrons. The van der Waals surface area contributed by atoms with Crippen molar-refractivity contribution in [3.8, 4) is 0 Å². The van der Waals surface area contributed by atoms with Crippen LogP contribution in [0.15, 0.2) is 30.3 Å². The van der Waals surface area contributed by atoms with Crippen molar-refractivity contribution in [2.75, 3.05) is 0 Å². The van der Waals surface area contributed by atoms with Crippen LogP contribution in [0.25, 0.3) is 0 Å². The Hall–Kier alpha value is -1.51. The number of benzene rings is 1. The maximum Gasteiger partial charge on any atom is 0.305 e. The molecule has 132 valence electrons. The summed E-state index contributed by atoms with van der Waals surface area (Å²) in [6, 6.07) is 8.99. The Balaban J connectivity index is 1.72. The van der Waals surface area contributed by atoms with Gasteiger partial charge in [-0.3, -0.25) is 4.79 Å². The standard InChI is InChI=1S/C17H23NO6/c1-17(2)23-15-14(21-9-10-6-4-3-5-7-10)13(22-16(15)24-17)11(18)8-12(19)20/h3-7,11,13-16H,8-9,18H2,1-2H3,(H,19,20)/t11-,13-,14+,15-,16-/m1/s1. The van der Waals surface area contributed by atoms with Crippen LogP contribution < -0.4 is 5.73 Å². The van der Waals surface area contributed by atoms with Gasteiger partial charge in [-0.15, -0.1) is 0 Å². The zero-order valence-electron chi connectivity index (χ0n) is 13.8. The zero-order valence-corrected chi connectivity index (χ0v) is 13.8. The van der Waals surface area contributed by atoms with Gasteiger partial charge in [0.2, 0.25) is 0 Å². The van der Waals surface area contributed by atoms with Gasteiger partial charge in [-0.1, -0.05) is 30.3 Å².